The highest BCUT2D eigenvalue weighted by Crippen LogP contribution is 2.19. The maximum absolute atomic E-state index is 12.7. The molecule has 1 heterocycles. The van der Waals surface area contributed by atoms with E-state index >= 15 is 0 Å². The smallest absolute Gasteiger partial charge is 0.337 e. The third-order valence-electron chi connectivity index (χ3n) is 4.03. The van der Waals surface area contributed by atoms with E-state index in [4.69, 9.17) is 6.42 Å². The van der Waals surface area contributed by atoms with Crippen molar-refractivity contribution in [1.29, 1.82) is 0 Å². The summed E-state index contributed by atoms with van der Waals surface area (Å²) in [6.45, 7) is -0.396. The lowest BCUT2D eigenvalue weighted by molar-refractivity contribution is -0.145. The number of alkyl halides is 3. The highest BCUT2D eigenvalue weighted by atomic mass is 32.2. The van der Waals surface area contributed by atoms with Gasteiger partial charge in [0.05, 0.1) is 18.0 Å². The van der Waals surface area contributed by atoms with Crippen LogP contribution in [0.4, 0.5) is 13.2 Å². The minimum atomic E-state index is -4.28. The molecule has 0 aliphatic carbocycles. The van der Waals surface area contributed by atoms with Crippen molar-refractivity contribution in [2.45, 2.75) is 17.5 Å². The van der Waals surface area contributed by atoms with E-state index in [2.05, 4.69) is 10.6 Å². The minimum Gasteiger partial charge on any atom is -0.337 e. The van der Waals surface area contributed by atoms with Gasteiger partial charge in [-0.25, -0.2) is 8.42 Å². The fraction of sp³-hybridized carbons (Fsp3) is 0.471. The van der Waals surface area contributed by atoms with Gasteiger partial charge in [0.1, 0.15) is 0 Å². The zero-order valence-electron chi connectivity index (χ0n) is 14.5. The van der Waals surface area contributed by atoms with E-state index in [0.29, 0.717) is 13.0 Å². The first-order valence-electron chi connectivity index (χ1n) is 8.24. The average molecular weight is 403 g/mol. The molecule has 1 N–H and O–H groups in total. The van der Waals surface area contributed by atoms with E-state index in [0.717, 1.165) is 0 Å². The van der Waals surface area contributed by atoms with Crippen LogP contribution in [0.2, 0.25) is 0 Å². The number of hydrogen-bond acceptors (Lipinski definition) is 4. The van der Waals surface area contributed by atoms with E-state index in [9.17, 15) is 26.4 Å². The Morgan fingerprint density at radius 3 is 2.63 bits per heavy atom. The molecule has 1 aliphatic heterocycles. The molecule has 0 unspecified atom stereocenters. The molecule has 0 radical (unpaired) electrons. The van der Waals surface area contributed by atoms with Crippen LogP contribution >= 0.6 is 0 Å². The second-order valence-electron chi connectivity index (χ2n) is 6.09. The molecule has 1 saturated heterocycles. The summed E-state index contributed by atoms with van der Waals surface area (Å²) >= 11 is 0. The molecule has 0 saturated carbocycles. The fourth-order valence-corrected chi connectivity index (χ4v) is 3.76. The molecule has 0 aromatic heterocycles. The summed E-state index contributed by atoms with van der Waals surface area (Å²) in [5.74, 6) is 1.74. The third-order valence-corrected chi connectivity index (χ3v) is 5.43. The maximum atomic E-state index is 12.7. The number of sulfonamides is 1. The summed E-state index contributed by atoms with van der Waals surface area (Å²) in [4.78, 5) is 15.3. The lowest BCUT2D eigenvalue weighted by atomic mass is 10.2. The second-order valence-corrected chi connectivity index (χ2v) is 7.86. The van der Waals surface area contributed by atoms with Crippen LogP contribution in [-0.4, -0.2) is 69.6 Å². The summed E-state index contributed by atoms with van der Waals surface area (Å²) in [6, 6.07) is 5.48. The number of carbonyl (C=O) groups is 1. The molecule has 1 aliphatic rings. The fourth-order valence-electron chi connectivity index (χ4n) is 2.78. The van der Waals surface area contributed by atoms with Gasteiger partial charge in [0.25, 0.3) is 5.91 Å². The van der Waals surface area contributed by atoms with Crippen molar-refractivity contribution >= 4 is 15.9 Å². The Labute approximate surface area is 156 Å². The van der Waals surface area contributed by atoms with E-state index in [1.165, 1.54) is 34.1 Å². The molecule has 1 fully saturated rings. The van der Waals surface area contributed by atoms with Crippen molar-refractivity contribution < 1.29 is 26.4 Å². The number of amides is 1. The van der Waals surface area contributed by atoms with Crippen LogP contribution in [0.15, 0.2) is 29.2 Å². The number of terminal acetylenes is 1. The quantitative estimate of drug-likeness (QED) is 0.753. The van der Waals surface area contributed by atoms with E-state index in [1.807, 2.05) is 0 Å². The van der Waals surface area contributed by atoms with Crippen molar-refractivity contribution in [2.75, 3.05) is 39.3 Å². The molecule has 148 valence electrons. The standard InChI is InChI=1S/C17H20F3N3O3S/c1-2-7-21-27(25,26)15-6-3-5-14(12-15)16(24)23-9-4-8-22(10-11-23)13-17(18,19)20/h1,3,5-6,12,21H,4,7-11,13H2. The van der Waals surface area contributed by atoms with Crippen LogP contribution in [0.5, 0.6) is 0 Å². The monoisotopic (exact) mass is 403 g/mol. The van der Waals surface area contributed by atoms with Crippen LogP contribution in [0.3, 0.4) is 0 Å². The molecule has 10 heteroatoms. The van der Waals surface area contributed by atoms with Gasteiger partial charge in [-0.15, -0.1) is 6.42 Å². The van der Waals surface area contributed by atoms with Gasteiger partial charge in [-0.2, -0.15) is 17.9 Å². The van der Waals surface area contributed by atoms with Crippen LogP contribution in [-0.2, 0) is 10.0 Å². The molecule has 0 spiro atoms. The summed E-state index contributed by atoms with van der Waals surface area (Å²) in [5.41, 5.74) is 0.155. The molecule has 6 nitrogen and oxygen atoms in total. The molecule has 1 aromatic rings. The largest absolute Gasteiger partial charge is 0.401 e. The molecule has 2 rings (SSSR count). The number of hydrogen-bond donors (Lipinski definition) is 1. The first kappa shape index (κ1) is 21.2. The van der Waals surface area contributed by atoms with Crippen molar-refractivity contribution in [3.05, 3.63) is 29.8 Å². The number of rotatable bonds is 5. The Morgan fingerprint density at radius 1 is 1.22 bits per heavy atom. The Balaban J connectivity index is 2.10. The summed E-state index contributed by atoms with van der Waals surface area (Å²) in [5, 5.41) is 0. The zero-order chi connectivity index (χ0) is 20.1. The Morgan fingerprint density at radius 2 is 1.96 bits per heavy atom. The van der Waals surface area contributed by atoms with Crippen LogP contribution in [0.1, 0.15) is 16.8 Å². The van der Waals surface area contributed by atoms with E-state index in [1.54, 1.807) is 0 Å². The second kappa shape index (κ2) is 8.73. The molecule has 1 aromatic carbocycles. The SMILES string of the molecule is C#CCNS(=O)(=O)c1cccc(C(=O)N2CCCN(CC(F)(F)F)CC2)c1. The number of benzene rings is 1. The summed E-state index contributed by atoms with van der Waals surface area (Å²) in [6.07, 6.45) is 1.16. The molecule has 0 bridgehead atoms. The van der Waals surface area contributed by atoms with Crippen molar-refractivity contribution in [3.63, 3.8) is 0 Å². The highest BCUT2D eigenvalue weighted by molar-refractivity contribution is 7.89. The number of nitrogens with zero attached hydrogens (tertiary/aromatic N) is 2. The van der Waals surface area contributed by atoms with Crippen LogP contribution < -0.4 is 4.72 Å². The lowest BCUT2D eigenvalue weighted by Crippen LogP contribution is -2.38. The van der Waals surface area contributed by atoms with E-state index < -0.39 is 28.7 Å². The highest BCUT2D eigenvalue weighted by Gasteiger charge is 2.32. The van der Waals surface area contributed by atoms with Gasteiger partial charge >= 0.3 is 6.18 Å². The number of carbonyl (C=O) groups excluding carboxylic acids is 1. The molecule has 1 amide bonds. The third kappa shape index (κ3) is 6.23. The van der Waals surface area contributed by atoms with Crippen LogP contribution in [0, 0.1) is 12.3 Å². The Bertz CT molecular complexity index is 819. The molecule has 0 atom stereocenters. The van der Waals surface area contributed by atoms with Gasteiger partial charge in [-0.1, -0.05) is 12.0 Å². The van der Waals surface area contributed by atoms with Crippen LogP contribution in [0.25, 0.3) is 0 Å². The summed E-state index contributed by atoms with van der Waals surface area (Å²) in [7, 11) is -3.84. The topological polar surface area (TPSA) is 69.7 Å². The lowest BCUT2D eigenvalue weighted by Gasteiger charge is -2.23. The molecular formula is C17H20F3N3O3S. The first-order valence-corrected chi connectivity index (χ1v) is 9.72. The Hall–Kier alpha value is -2.09. The van der Waals surface area contributed by atoms with E-state index in [-0.39, 0.29) is 36.6 Å². The minimum absolute atomic E-state index is 0.0999. The van der Waals surface area contributed by atoms with Crippen molar-refractivity contribution in [3.8, 4) is 12.3 Å². The first-order chi connectivity index (χ1) is 12.6. The number of halogens is 3. The predicted octanol–water partition coefficient (Wildman–Crippen LogP) is 1.31. The van der Waals surface area contributed by atoms with Gasteiger partial charge in [-0.3, -0.25) is 9.69 Å². The van der Waals surface area contributed by atoms with Crippen molar-refractivity contribution in [1.82, 2.24) is 14.5 Å². The molecule has 27 heavy (non-hydrogen) atoms. The van der Waals surface area contributed by atoms with Gasteiger partial charge in [-0.05, 0) is 24.6 Å². The van der Waals surface area contributed by atoms with Crippen molar-refractivity contribution in [2.24, 2.45) is 0 Å². The normalized spacial score (nSPS) is 16.6. The predicted molar refractivity (Wildman–Crippen MR) is 93.5 cm³/mol. The maximum Gasteiger partial charge on any atom is 0.401 e. The average Bonchev–Trinajstić information content (AvgIpc) is 2.83. The number of nitrogens with one attached hydrogen (secondary N) is 1. The zero-order valence-corrected chi connectivity index (χ0v) is 15.3. The van der Waals surface area contributed by atoms with Gasteiger partial charge in [0.2, 0.25) is 10.0 Å². The summed E-state index contributed by atoms with van der Waals surface area (Å²) < 4.78 is 64.1. The Kier molecular flexibility index (Phi) is 6.86. The molecular weight excluding hydrogens is 383 g/mol. The van der Waals surface area contributed by atoms with Gasteiger partial charge in [0, 0.05) is 31.7 Å². The van der Waals surface area contributed by atoms with Gasteiger partial charge in [0.15, 0.2) is 0 Å². The van der Waals surface area contributed by atoms with Gasteiger partial charge < -0.3 is 4.90 Å².